The van der Waals surface area contributed by atoms with Gasteiger partial charge in [0, 0.05) is 0 Å². The fourth-order valence-corrected chi connectivity index (χ4v) is 1.51. The van der Waals surface area contributed by atoms with Crippen LogP contribution in [0.1, 0.15) is 21.6 Å². The van der Waals surface area contributed by atoms with E-state index in [0.29, 0.717) is 23.3 Å². The molecule has 0 fully saturated rings. The summed E-state index contributed by atoms with van der Waals surface area (Å²) in [7, 11) is 0. The van der Waals surface area contributed by atoms with Crippen molar-refractivity contribution in [3.63, 3.8) is 0 Å². The first-order chi connectivity index (χ1) is 9.21. The lowest BCUT2D eigenvalue weighted by molar-refractivity contribution is 0.111. The molecule has 0 unspecified atom stereocenters. The fourth-order valence-electron chi connectivity index (χ4n) is 1.51. The summed E-state index contributed by atoms with van der Waals surface area (Å²) in [6, 6.07) is 9.00. The SMILES string of the molecule is N#Cc1cc(F)cc(COc2ccc(C=O)nc2)c1. The Kier molecular flexibility index (Phi) is 3.84. The fraction of sp³-hybridized carbons (Fsp3) is 0.0714. The van der Waals surface area contributed by atoms with Crippen molar-refractivity contribution in [2.45, 2.75) is 6.61 Å². The Hall–Kier alpha value is -2.74. The lowest BCUT2D eigenvalue weighted by Crippen LogP contribution is -1.98. The zero-order chi connectivity index (χ0) is 13.7. The van der Waals surface area contributed by atoms with Crippen molar-refractivity contribution in [2.24, 2.45) is 0 Å². The van der Waals surface area contributed by atoms with Gasteiger partial charge in [0.15, 0.2) is 6.29 Å². The number of benzene rings is 1. The van der Waals surface area contributed by atoms with Gasteiger partial charge in [0.05, 0.1) is 17.8 Å². The van der Waals surface area contributed by atoms with Crippen LogP contribution in [0.15, 0.2) is 36.5 Å². The Bertz CT molecular complexity index is 633. The van der Waals surface area contributed by atoms with E-state index in [1.54, 1.807) is 12.1 Å². The molecule has 94 valence electrons. The highest BCUT2D eigenvalue weighted by atomic mass is 19.1. The number of hydrogen-bond donors (Lipinski definition) is 0. The van der Waals surface area contributed by atoms with Gasteiger partial charge in [0.25, 0.3) is 0 Å². The van der Waals surface area contributed by atoms with Crippen LogP contribution in [-0.2, 0) is 6.61 Å². The summed E-state index contributed by atoms with van der Waals surface area (Å²) in [5, 5.41) is 8.73. The second kappa shape index (κ2) is 5.74. The van der Waals surface area contributed by atoms with Crippen LogP contribution < -0.4 is 4.74 Å². The van der Waals surface area contributed by atoms with E-state index in [2.05, 4.69) is 4.98 Å². The summed E-state index contributed by atoms with van der Waals surface area (Å²) in [6.45, 7) is 0.120. The predicted molar refractivity (Wildman–Crippen MR) is 65.1 cm³/mol. The quantitative estimate of drug-likeness (QED) is 0.788. The molecule has 0 aliphatic heterocycles. The van der Waals surface area contributed by atoms with Crippen molar-refractivity contribution in [3.05, 3.63) is 59.2 Å². The van der Waals surface area contributed by atoms with Gasteiger partial charge in [-0.05, 0) is 35.9 Å². The first-order valence-corrected chi connectivity index (χ1v) is 5.45. The molecule has 0 saturated carbocycles. The number of carbonyl (C=O) groups excluding carboxylic acids is 1. The van der Waals surface area contributed by atoms with Crippen LogP contribution >= 0.6 is 0 Å². The summed E-state index contributed by atoms with van der Waals surface area (Å²) >= 11 is 0. The van der Waals surface area contributed by atoms with Crippen molar-refractivity contribution in [2.75, 3.05) is 0 Å². The lowest BCUT2D eigenvalue weighted by Gasteiger charge is -2.06. The van der Waals surface area contributed by atoms with Crippen molar-refractivity contribution in [1.82, 2.24) is 4.98 Å². The molecular weight excluding hydrogens is 247 g/mol. The Balaban J connectivity index is 2.07. The van der Waals surface area contributed by atoms with E-state index in [1.165, 1.54) is 18.3 Å². The van der Waals surface area contributed by atoms with Crippen LogP contribution in [0.5, 0.6) is 5.75 Å². The molecule has 5 heteroatoms. The minimum atomic E-state index is -0.480. The first-order valence-electron chi connectivity index (χ1n) is 5.45. The maximum atomic E-state index is 13.2. The zero-order valence-electron chi connectivity index (χ0n) is 9.84. The lowest BCUT2D eigenvalue weighted by atomic mass is 10.1. The van der Waals surface area contributed by atoms with E-state index in [1.807, 2.05) is 6.07 Å². The molecule has 4 nitrogen and oxygen atoms in total. The number of aldehydes is 1. The van der Waals surface area contributed by atoms with E-state index < -0.39 is 5.82 Å². The molecule has 0 aliphatic carbocycles. The summed E-state index contributed by atoms with van der Waals surface area (Å²) < 4.78 is 18.6. The molecule has 0 N–H and O–H groups in total. The third-order valence-electron chi connectivity index (χ3n) is 2.37. The molecule has 0 radical (unpaired) electrons. The average Bonchev–Trinajstić information content (AvgIpc) is 2.45. The van der Waals surface area contributed by atoms with Crippen LogP contribution in [0.2, 0.25) is 0 Å². The molecule has 0 atom stereocenters. The smallest absolute Gasteiger partial charge is 0.168 e. The zero-order valence-corrected chi connectivity index (χ0v) is 9.84. The molecular formula is C14H9FN2O2. The minimum Gasteiger partial charge on any atom is -0.487 e. The van der Waals surface area contributed by atoms with Gasteiger partial charge >= 0.3 is 0 Å². The number of nitriles is 1. The van der Waals surface area contributed by atoms with Gasteiger partial charge < -0.3 is 4.74 Å². The van der Waals surface area contributed by atoms with E-state index in [4.69, 9.17) is 10.00 Å². The van der Waals surface area contributed by atoms with Crippen molar-refractivity contribution in [1.29, 1.82) is 5.26 Å². The standard InChI is InChI=1S/C14H9FN2O2/c15-12-4-10(6-16)3-11(5-12)9-19-14-2-1-13(8-18)17-7-14/h1-5,7-8H,9H2. The third-order valence-corrected chi connectivity index (χ3v) is 2.37. The number of aromatic nitrogens is 1. The van der Waals surface area contributed by atoms with Crippen molar-refractivity contribution in [3.8, 4) is 11.8 Å². The van der Waals surface area contributed by atoms with Crippen molar-refractivity contribution < 1.29 is 13.9 Å². The highest BCUT2D eigenvalue weighted by Gasteiger charge is 2.02. The normalized spacial score (nSPS) is 9.68. The minimum absolute atomic E-state index is 0.120. The number of halogens is 1. The Labute approximate surface area is 109 Å². The Morgan fingerprint density at radius 2 is 2.21 bits per heavy atom. The highest BCUT2D eigenvalue weighted by Crippen LogP contribution is 2.13. The molecule has 1 aromatic carbocycles. The van der Waals surface area contributed by atoms with Gasteiger partial charge in [0.2, 0.25) is 0 Å². The van der Waals surface area contributed by atoms with Crippen LogP contribution in [0.25, 0.3) is 0 Å². The van der Waals surface area contributed by atoms with Gasteiger partial charge in [-0.3, -0.25) is 4.79 Å². The number of ether oxygens (including phenoxy) is 1. The van der Waals surface area contributed by atoms with E-state index in [9.17, 15) is 9.18 Å². The van der Waals surface area contributed by atoms with Gasteiger partial charge in [-0.2, -0.15) is 5.26 Å². The van der Waals surface area contributed by atoms with E-state index in [0.717, 1.165) is 6.07 Å². The molecule has 0 amide bonds. The molecule has 0 aliphatic rings. The first kappa shape index (κ1) is 12.7. The second-order valence-corrected chi connectivity index (χ2v) is 3.79. The predicted octanol–water partition coefficient (Wildman–Crippen LogP) is 2.48. The highest BCUT2D eigenvalue weighted by molar-refractivity contribution is 5.71. The molecule has 0 bridgehead atoms. The molecule has 2 rings (SSSR count). The van der Waals surface area contributed by atoms with Gasteiger partial charge in [-0.25, -0.2) is 9.37 Å². The molecule has 0 saturated heterocycles. The largest absolute Gasteiger partial charge is 0.487 e. The maximum Gasteiger partial charge on any atom is 0.168 e. The van der Waals surface area contributed by atoms with Gasteiger partial charge in [0.1, 0.15) is 23.9 Å². The van der Waals surface area contributed by atoms with Crippen molar-refractivity contribution >= 4 is 6.29 Å². The second-order valence-electron chi connectivity index (χ2n) is 3.79. The van der Waals surface area contributed by atoms with E-state index >= 15 is 0 Å². The van der Waals surface area contributed by atoms with E-state index in [-0.39, 0.29) is 12.2 Å². The third kappa shape index (κ3) is 3.36. The molecule has 0 spiro atoms. The summed E-state index contributed by atoms with van der Waals surface area (Å²) in [5.74, 6) is -0.0135. The maximum absolute atomic E-state index is 13.2. The monoisotopic (exact) mass is 256 g/mol. The van der Waals surface area contributed by atoms with Gasteiger partial charge in [-0.15, -0.1) is 0 Å². The summed E-state index contributed by atoms with van der Waals surface area (Å²) in [6.07, 6.45) is 2.05. The average molecular weight is 256 g/mol. The molecule has 1 heterocycles. The van der Waals surface area contributed by atoms with Gasteiger partial charge in [-0.1, -0.05) is 0 Å². The topological polar surface area (TPSA) is 63.0 Å². The number of hydrogen-bond acceptors (Lipinski definition) is 4. The molecule has 19 heavy (non-hydrogen) atoms. The van der Waals surface area contributed by atoms with Crippen LogP contribution in [0, 0.1) is 17.1 Å². The number of nitrogens with zero attached hydrogens (tertiary/aromatic N) is 2. The number of rotatable bonds is 4. The number of pyridine rings is 1. The molecule has 1 aromatic heterocycles. The number of carbonyl (C=O) groups is 1. The van der Waals surface area contributed by atoms with Crippen LogP contribution in [0.4, 0.5) is 4.39 Å². The van der Waals surface area contributed by atoms with Crippen LogP contribution in [-0.4, -0.2) is 11.3 Å². The Morgan fingerprint density at radius 1 is 1.37 bits per heavy atom. The Morgan fingerprint density at radius 3 is 2.84 bits per heavy atom. The summed E-state index contributed by atoms with van der Waals surface area (Å²) in [4.78, 5) is 14.3. The van der Waals surface area contributed by atoms with Crippen LogP contribution in [0.3, 0.4) is 0 Å². The molecule has 2 aromatic rings. The summed E-state index contributed by atoms with van der Waals surface area (Å²) in [5.41, 5.74) is 1.11.